The summed E-state index contributed by atoms with van der Waals surface area (Å²) < 4.78 is 30.5. The number of hydrogen-bond donors (Lipinski definition) is 1. The van der Waals surface area contributed by atoms with Gasteiger partial charge in [0.1, 0.15) is 19.3 Å². The van der Waals surface area contributed by atoms with Crippen LogP contribution in [0.4, 0.5) is 0 Å². The van der Waals surface area contributed by atoms with Gasteiger partial charge in [0.2, 0.25) is 5.91 Å². The molecule has 0 bridgehead atoms. The number of ether oxygens (including phenoxy) is 1. The van der Waals surface area contributed by atoms with Crippen molar-refractivity contribution in [1.82, 2.24) is 5.32 Å². The largest absolute Gasteiger partial charge is 0.756 e. The van der Waals surface area contributed by atoms with Crippen molar-refractivity contribution in [2.45, 2.75) is 380 Å². The fourth-order valence-electron chi connectivity index (χ4n) is 11.1. The molecule has 0 aromatic heterocycles. The zero-order valence-corrected chi connectivity index (χ0v) is 59.4. The number of phosphoric acid groups is 1. The molecule has 87 heavy (non-hydrogen) atoms. The van der Waals surface area contributed by atoms with Crippen LogP contribution in [-0.4, -0.2) is 69.4 Å². The molecule has 0 heterocycles. The average Bonchev–Trinajstić information content (AvgIpc) is 3.69. The van der Waals surface area contributed by atoms with Crippen molar-refractivity contribution in [3.63, 3.8) is 0 Å². The molecule has 0 aliphatic rings. The second kappa shape index (κ2) is 66.6. The lowest BCUT2D eigenvalue weighted by Gasteiger charge is -2.30. The van der Waals surface area contributed by atoms with Crippen molar-refractivity contribution in [3.8, 4) is 0 Å². The Bertz CT molecular complexity index is 1670. The summed E-state index contributed by atoms with van der Waals surface area (Å²) in [4.78, 5) is 40.3. The monoisotopic (exact) mass is 1240 g/mol. The van der Waals surface area contributed by atoms with Crippen molar-refractivity contribution >= 4 is 19.7 Å². The Morgan fingerprint density at radius 2 is 0.701 bits per heavy atom. The third-order valence-electron chi connectivity index (χ3n) is 16.9. The van der Waals surface area contributed by atoms with E-state index in [2.05, 4.69) is 74.7 Å². The summed E-state index contributed by atoms with van der Waals surface area (Å²) >= 11 is 0. The van der Waals surface area contributed by atoms with E-state index in [9.17, 15) is 19.0 Å². The zero-order valence-electron chi connectivity index (χ0n) is 58.5. The summed E-state index contributed by atoms with van der Waals surface area (Å²) in [6.45, 7) is 6.86. The van der Waals surface area contributed by atoms with Crippen molar-refractivity contribution in [2.24, 2.45) is 0 Å². The lowest BCUT2D eigenvalue weighted by molar-refractivity contribution is -0.870. The molecule has 0 spiro atoms. The fraction of sp³-hybridized carbons (Fsp3) is 0.844. The molecule has 3 atom stereocenters. The van der Waals surface area contributed by atoms with Crippen LogP contribution in [0.5, 0.6) is 0 Å². The highest BCUT2D eigenvalue weighted by molar-refractivity contribution is 7.45. The molecule has 0 aromatic carbocycles. The van der Waals surface area contributed by atoms with E-state index in [1.807, 2.05) is 33.3 Å². The molecule has 9 nitrogen and oxygen atoms in total. The Morgan fingerprint density at radius 3 is 1.08 bits per heavy atom. The number of nitrogens with one attached hydrogen (secondary N) is 1. The number of allylic oxidation sites excluding steroid dienone is 9. The smallest absolute Gasteiger partial charge is 0.306 e. The third kappa shape index (κ3) is 67.9. The number of quaternary nitrogens is 1. The highest BCUT2D eigenvalue weighted by atomic mass is 31.2. The first kappa shape index (κ1) is 84.7. The predicted octanol–water partition coefficient (Wildman–Crippen LogP) is 23.5. The number of unbranched alkanes of at least 4 members (excludes halogenated alkanes) is 45. The van der Waals surface area contributed by atoms with Crippen molar-refractivity contribution in [2.75, 3.05) is 40.9 Å². The van der Waals surface area contributed by atoms with Crippen LogP contribution in [-0.2, 0) is 27.9 Å². The maximum absolute atomic E-state index is 13.6. The lowest BCUT2D eigenvalue weighted by Crippen LogP contribution is -2.47. The SMILES string of the molecule is CCCCC/C=C\C/C=C\C/C=C\CCCCCCCCCCC(=O)NC(COP(=O)([O-])OCC[N+](C)(C)C)C(/C=C\CCCCCCCCCCCCC)OC(=O)CCCCCCCCCCCCCCCCCCC/C=C/CCCCCCCC. The van der Waals surface area contributed by atoms with Crippen LogP contribution in [0.15, 0.2) is 60.8 Å². The van der Waals surface area contributed by atoms with E-state index in [1.165, 1.54) is 250 Å². The number of hydrogen-bond acceptors (Lipinski definition) is 7. The second-order valence-corrected chi connectivity index (χ2v) is 28.2. The van der Waals surface area contributed by atoms with Gasteiger partial charge in [0.25, 0.3) is 7.82 Å². The summed E-state index contributed by atoms with van der Waals surface area (Å²) in [5, 5.41) is 3.05. The molecule has 1 N–H and O–H groups in total. The topological polar surface area (TPSA) is 114 Å². The van der Waals surface area contributed by atoms with Gasteiger partial charge in [-0.25, -0.2) is 0 Å². The Morgan fingerprint density at radius 1 is 0.402 bits per heavy atom. The maximum atomic E-state index is 13.6. The highest BCUT2D eigenvalue weighted by Crippen LogP contribution is 2.38. The van der Waals surface area contributed by atoms with Crippen LogP contribution >= 0.6 is 7.82 Å². The summed E-state index contributed by atoms with van der Waals surface area (Å²) in [5.41, 5.74) is 0. The number of rotatable bonds is 69. The molecular weight excluding hydrogens is 1100 g/mol. The van der Waals surface area contributed by atoms with Gasteiger partial charge in [0, 0.05) is 12.8 Å². The maximum Gasteiger partial charge on any atom is 0.306 e. The van der Waals surface area contributed by atoms with E-state index in [4.69, 9.17) is 13.8 Å². The van der Waals surface area contributed by atoms with Crippen LogP contribution < -0.4 is 10.2 Å². The molecule has 1 amide bonds. The van der Waals surface area contributed by atoms with Gasteiger partial charge in [-0.2, -0.15) is 0 Å². The van der Waals surface area contributed by atoms with E-state index >= 15 is 0 Å². The molecule has 0 radical (unpaired) electrons. The Hall–Kier alpha value is -2.29. The van der Waals surface area contributed by atoms with Gasteiger partial charge < -0.3 is 28.5 Å². The van der Waals surface area contributed by atoms with Crippen molar-refractivity contribution in [1.29, 1.82) is 0 Å². The Labute approximate surface area is 541 Å². The molecule has 0 aliphatic heterocycles. The van der Waals surface area contributed by atoms with E-state index in [1.54, 1.807) is 0 Å². The molecule has 0 aromatic rings. The van der Waals surface area contributed by atoms with E-state index < -0.39 is 20.0 Å². The number of esters is 1. The molecule has 510 valence electrons. The quantitative estimate of drug-likeness (QED) is 0.0212. The summed E-state index contributed by atoms with van der Waals surface area (Å²) in [7, 11) is 1.19. The van der Waals surface area contributed by atoms with Gasteiger partial charge in [-0.3, -0.25) is 14.2 Å². The minimum Gasteiger partial charge on any atom is -0.756 e. The van der Waals surface area contributed by atoms with Crippen LogP contribution in [0.25, 0.3) is 0 Å². The Balaban J connectivity index is 5.02. The van der Waals surface area contributed by atoms with Gasteiger partial charge in [0.15, 0.2) is 0 Å². The zero-order chi connectivity index (χ0) is 63.5. The van der Waals surface area contributed by atoms with Crippen LogP contribution in [0.1, 0.15) is 367 Å². The molecule has 0 saturated carbocycles. The molecule has 0 fully saturated rings. The molecule has 0 saturated heterocycles. The predicted molar refractivity (Wildman–Crippen MR) is 376 cm³/mol. The van der Waals surface area contributed by atoms with E-state index in [-0.39, 0.29) is 31.5 Å². The lowest BCUT2D eigenvalue weighted by atomic mass is 10.0. The number of carbonyl (C=O) groups excluding carboxylic acids is 2. The highest BCUT2D eigenvalue weighted by Gasteiger charge is 2.27. The third-order valence-corrected chi connectivity index (χ3v) is 17.9. The normalized spacial score (nSPS) is 13.8. The first-order valence-electron chi connectivity index (χ1n) is 37.6. The number of carbonyl (C=O) groups is 2. The minimum atomic E-state index is -4.71. The number of nitrogens with zero attached hydrogens (tertiary/aromatic N) is 1. The van der Waals surface area contributed by atoms with Crippen molar-refractivity contribution < 1.29 is 37.3 Å². The number of amides is 1. The van der Waals surface area contributed by atoms with Crippen molar-refractivity contribution in [3.05, 3.63) is 60.8 Å². The Kier molecular flexibility index (Phi) is 64.9. The molecule has 0 aliphatic carbocycles. The standard InChI is InChI=1S/C77H145N2O7P/c1-7-10-13-16-19-22-25-28-30-32-34-36-37-38-39-40-41-43-45-47-49-52-55-58-61-64-67-70-77(81)86-75(68-65-62-59-56-53-50-27-24-21-18-15-12-9-3)74(73-85-87(82,83)84-72-71-79(4,5)6)78-76(80)69-66-63-60-57-54-51-48-46-44-42-35-33-31-29-26-23-20-17-14-11-8-2/h20,23,28-31,35,42,65,68,74-75H,7-19,21-22,24-27,32-34,36-41,43-64,66-67,69-73H2,1-6H3,(H-,78,80,82,83)/b23-20-,30-28+,31-29-,42-35-,68-65-. The summed E-state index contributed by atoms with van der Waals surface area (Å²) in [5.74, 6) is -0.533. The van der Waals surface area contributed by atoms with E-state index in [0.29, 0.717) is 17.4 Å². The summed E-state index contributed by atoms with van der Waals surface area (Å²) in [6.07, 6.45) is 86.4. The molecular formula is C77H145N2O7P. The van der Waals surface area contributed by atoms with Crippen LogP contribution in [0.3, 0.4) is 0 Å². The van der Waals surface area contributed by atoms with Gasteiger partial charge in [0.05, 0.1) is 33.8 Å². The molecule has 0 rings (SSSR count). The minimum absolute atomic E-state index is 0.0235. The molecule has 3 unspecified atom stereocenters. The summed E-state index contributed by atoms with van der Waals surface area (Å²) in [6, 6.07) is -0.894. The average molecular weight is 1240 g/mol. The van der Waals surface area contributed by atoms with E-state index in [0.717, 1.165) is 83.5 Å². The van der Waals surface area contributed by atoms with Crippen LogP contribution in [0.2, 0.25) is 0 Å². The number of phosphoric ester groups is 1. The molecule has 10 heteroatoms. The second-order valence-electron chi connectivity index (χ2n) is 26.8. The van der Waals surface area contributed by atoms with Gasteiger partial charge in [-0.1, -0.05) is 319 Å². The van der Waals surface area contributed by atoms with Crippen LogP contribution in [0, 0.1) is 0 Å². The van der Waals surface area contributed by atoms with Gasteiger partial charge in [-0.05, 0) is 96.0 Å². The van der Waals surface area contributed by atoms with Gasteiger partial charge in [-0.15, -0.1) is 0 Å². The van der Waals surface area contributed by atoms with Gasteiger partial charge >= 0.3 is 5.97 Å². The first-order valence-corrected chi connectivity index (χ1v) is 39.1. The first-order chi connectivity index (χ1) is 42.4. The fourth-order valence-corrected chi connectivity index (χ4v) is 11.8. The number of likely N-dealkylation sites (N-methyl/N-ethyl adjacent to an activating group) is 1.